The Morgan fingerprint density at radius 3 is 2.81 bits per heavy atom. The van der Waals surface area contributed by atoms with Crippen molar-refractivity contribution in [3.05, 3.63) is 12.2 Å². The Morgan fingerprint density at radius 1 is 1.38 bits per heavy atom. The second-order valence-electron chi connectivity index (χ2n) is 4.27. The van der Waals surface area contributed by atoms with E-state index in [1.165, 1.54) is 0 Å². The molecule has 2 bridgehead atoms. The zero-order valence-corrected chi connectivity index (χ0v) is 9.23. The SMILES string of the molecule is CC1(C)C2NCCN1OC(=O)/C=C/C(=O)O2. The highest BCUT2D eigenvalue weighted by atomic mass is 16.7. The summed E-state index contributed by atoms with van der Waals surface area (Å²) in [7, 11) is 0. The van der Waals surface area contributed by atoms with Crippen molar-refractivity contribution in [2.75, 3.05) is 13.1 Å². The third-order valence-corrected chi connectivity index (χ3v) is 2.72. The molecular weight excluding hydrogens is 212 g/mol. The molecule has 2 heterocycles. The lowest BCUT2D eigenvalue weighted by molar-refractivity contribution is -0.243. The minimum absolute atomic E-state index is 0.496. The molecule has 0 spiro atoms. The highest BCUT2D eigenvalue weighted by Gasteiger charge is 2.43. The molecule has 1 fully saturated rings. The van der Waals surface area contributed by atoms with Crippen molar-refractivity contribution < 1.29 is 19.2 Å². The van der Waals surface area contributed by atoms with E-state index in [1.54, 1.807) is 5.06 Å². The van der Waals surface area contributed by atoms with Gasteiger partial charge in [-0.1, -0.05) is 0 Å². The van der Waals surface area contributed by atoms with Gasteiger partial charge in [-0.2, -0.15) is 0 Å². The highest BCUT2D eigenvalue weighted by Crippen LogP contribution is 2.24. The average Bonchev–Trinajstić information content (AvgIpc) is 2.24. The first-order valence-corrected chi connectivity index (χ1v) is 5.12. The van der Waals surface area contributed by atoms with Crippen LogP contribution in [0.5, 0.6) is 0 Å². The van der Waals surface area contributed by atoms with E-state index in [9.17, 15) is 9.59 Å². The Morgan fingerprint density at radius 2 is 2.06 bits per heavy atom. The van der Waals surface area contributed by atoms with Crippen LogP contribution in [0.25, 0.3) is 0 Å². The monoisotopic (exact) mass is 226 g/mol. The van der Waals surface area contributed by atoms with Gasteiger partial charge < -0.3 is 9.57 Å². The van der Waals surface area contributed by atoms with Gasteiger partial charge in [0.2, 0.25) is 0 Å². The first-order valence-electron chi connectivity index (χ1n) is 5.12. The number of piperazine rings is 1. The maximum atomic E-state index is 11.3. The van der Waals surface area contributed by atoms with Gasteiger partial charge in [0.1, 0.15) is 5.54 Å². The lowest BCUT2D eigenvalue weighted by atomic mass is 10.0. The molecule has 2 unspecified atom stereocenters. The number of esters is 1. The standard InChI is InChI=1S/C10H14N2O4/c1-10(2)9-11-5-6-12(10)16-8(14)4-3-7(13)15-9/h3-4,9,11H,5-6H2,1-2H3/b4-3+. The number of carbonyl (C=O) groups excluding carboxylic acids is 2. The number of nitrogens with zero attached hydrogens (tertiary/aromatic N) is 1. The highest BCUT2D eigenvalue weighted by molar-refractivity contribution is 5.91. The first-order chi connectivity index (χ1) is 7.50. The van der Waals surface area contributed by atoms with E-state index >= 15 is 0 Å². The summed E-state index contributed by atoms with van der Waals surface area (Å²) in [5, 5.41) is 4.61. The third-order valence-electron chi connectivity index (χ3n) is 2.72. The Hall–Kier alpha value is -1.40. The molecule has 0 aromatic heterocycles. The molecule has 6 nitrogen and oxygen atoms in total. The molecule has 6 heteroatoms. The van der Waals surface area contributed by atoms with Crippen LogP contribution >= 0.6 is 0 Å². The second kappa shape index (κ2) is 3.88. The maximum Gasteiger partial charge on any atom is 0.349 e. The van der Waals surface area contributed by atoms with Gasteiger partial charge in [-0.3, -0.25) is 5.32 Å². The number of carbonyl (C=O) groups is 2. The molecule has 2 atom stereocenters. The summed E-state index contributed by atoms with van der Waals surface area (Å²) in [4.78, 5) is 27.8. The summed E-state index contributed by atoms with van der Waals surface area (Å²) in [6.45, 7) is 4.83. The number of hydrogen-bond donors (Lipinski definition) is 1. The number of hydrogen-bond acceptors (Lipinski definition) is 6. The number of fused-ring (bicyclic) bond motifs is 2. The first kappa shape index (κ1) is 11.1. The molecule has 0 aromatic carbocycles. The number of hydroxylamine groups is 2. The largest absolute Gasteiger partial charge is 0.441 e. The van der Waals surface area contributed by atoms with E-state index in [4.69, 9.17) is 9.57 Å². The smallest absolute Gasteiger partial charge is 0.349 e. The van der Waals surface area contributed by atoms with Gasteiger partial charge in [0.15, 0.2) is 6.23 Å². The predicted molar refractivity (Wildman–Crippen MR) is 53.9 cm³/mol. The maximum absolute atomic E-state index is 11.3. The molecule has 2 rings (SSSR count). The van der Waals surface area contributed by atoms with Crippen LogP contribution in [0.15, 0.2) is 12.2 Å². The Kier molecular flexibility index (Phi) is 2.69. The number of rotatable bonds is 0. The van der Waals surface area contributed by atoms with Gasteiger partial charge >= 0.3 is 11.9 Å². The van der Waals surface area contributed by atoms with E-state index in [-0.39, 0.29) is 0 Å². The van der Waals surface area contributed by atoms with E-state index in [0.29, 0.717) is 13.1 Å². The van der Waals surface area contributed by atoms with Gasteiger partial charge in [-0.15, -0.1) is 5.06 Å². The summed E-state index contributed by atoms with van der Waals surface area (Å²) < 4.78 is 5.20. The molecule has 2 aliphatic rings. The van der Waals surface area contributed by atoms with E-state index in [1.807, 2.05) is 13.8 Å². The quantitative estimate of drug-likeness (QED) is 0.565. The fraction of sp³-hybridized carbons (Fsp3) is 0.600. The average molecular weight is 226 g/mol. The Balaban J connectivity index is 2.30. The van der Waals surface area contributed by atoms with E-state index < -0.39 is 23.7 Å². The second-order valence-corrected chi connectivity index (χ2v) is 4.27. The van der Waals surface area contributed by atoms with Crippen LogP contribution in [0.2, 0.25) is 0 Å². The number of nitrogens with one attached hydrogen (secondary N) is 1. The van der Waals surface area contributed by atoms with Gasteiger partial charge in [0.25, 0.3) is 0 Å². The summed E-state index contributed by atoms with van der Waals surface area (Å²) in [6.07, 6.45) is 1.64. The lowest BCUT2D eigenvalue weighted by Gasteiger charge is -2.44. The van der Waals surface area contributed by atoms with Crippen molar-refractivity contribution in [2.24, 2.45) is 0 Å². The summed E-state index contributed by atoms with van der Waals surface area (Å²) in [5.41, 5.74) is -0.588. The molecule has 88 valence electrons. The summed E-state index contributed by atoms with van der Waals surface area (Å²) in [5.74, 6) is -1.11. The molecule has 1 N–H and O–H groups in total. The van der Waals surface area contributed by atoms with Crippen LogP contribution in [0.4, 0.5) is 0 Å². The van der Waals surface area contributed by atoms with Crippen LogP contribution in [0, 0.1) is 0 Å². The van der Waals surface area contributed by atoms with Crippen LogP contribution in [0.3, 0.4) is 0 Å². The van der Waals surface area contributed by atoms with Crippen LogP contribution in [-0.2, 0) is 19.2 Å². The third kappa shape index (κ3) is 1.94. The minimum atomic E-state index is -0.588. The van der Waals surface area contributed by atoms with Crippen LogP contribution in [0.1, 0.15) is 13.8 Å². The molecule has 0 amide bonds. The van der Waals surface area contributed by atoms with Crippen molar-refractivity contribution in [3.63, 3.8) is 0 Å². The topological polar surface area (TPSA) is 67.9 Å². The van der Waals surface area contributed by atoms with Crippen molar-refractivity contribution >= 4 is 11.9 Å². The van der Waals surface area contributed by atoms with Crippen LogP contribution < -0.4 is 5.32 Å². The van der Waals surface area contributed by atoms with Gasteiger partial charge in [0.05, 0.1) is 0 Å². The summed E-state index contributed by atoms with van der Waals surface area (Å²) >= 11 is 0. The van der Waals surface area contributed by atoms with Gasteiger partial charge in [-0.25, -0.2) is 9.59 Å². The zero-order valence-electron chi connectivity index (χ0n) is 9.23. The fourth-order valence-corrected chi connectivity index (χ4v) is 1.75. The Bertz CT molecular complexity index is 321. The normalized spacial score (nSPS) is 35.1. The van der Waals surface area contributed by atoms with Crippen LogP contribution in [-0.4, -0.2) is 41.9 Å². The molecule has 0 saturated carbocycles. The molecule has 0 radical (unpaired) electrons. The number of ether oxygens (including phenoxy) is 1. The minimum Gasteiger partial charge on any atom is -0.441 e. The lowest BCUT2D eigenvalue weighted by Crippen LogP contribution is -2.65. The fourth-order valence-electron chi connectivity index (χ4n) is 1.75. The Labute approximate surface area is 93.1 Å². The van der Waals surface area contributed by atoms with Gasteiger partial charge in [0, 0.05) is 25.2 Å². The van der Waals surface area contributed by atoms with E-state index in [0.717, 1.165) is 12.2 Å². The summed E-state index contributed by atoms with van der Waals surface area (Å²) in [6, 6.07) is 0. The predicted octanol–water partition coefficient (Wildman–Crippen LogP) is -0.433. The van der Waals surface area contributed by atoms with Gasteiger partial charge in [-0.05, 0) is 13.8 Å². The zero-order chi connectivity index (χ0) is 11.8. The molecular formula is C10H14N2O4. The molecule has 2 aliphatic heterocycles. The molecule has 1 saturated heterocycles. The molecule has 0 aromatic rings. The van der Waals surface area contributed by atoms with Crippen molar-refractivity contribution in [2.45, 2.75) is 25.6 Å². The van der Waals surface area contributed by atoms with E-state index in [2.05, 4.69) is 5.32 Å². The van der Waals surface area contributed by atoms with Crippen molar-refractivity contribution in [1.29, 1.82) is 0 Å². The molecule has 16 heavy (non-hydrogen) atoms. The van der Waals surface area contributed by atoms with Crippen molar-refractivity contribution in [3.8, 4) is 0 Å². The van der Waals surface area contributed by atoms with Crippen molar-refractivity contribution in [1.82, 2.24) is 10.4 Å². The molecule has 0 aliphatic carbocycles.